The maximum atomic E-state index is 13.0. The number of nitrogens with one attached hydrogen (secondary N) is 3. The Balaban J connectivity index is 1.78. The van der Waals surface area contributed by atoms with Crippen LogP contribution in [0, 0.1) is 5.92 Å². The molecule has 0 spiro atoms. The van der Waals surface area contributed by atoms with Crippen LogP contribution in [0.4, 0.5) is 17.2 Å². The molecule has 3 heterocycles. The van der Waals surface area contributed by atoms with Crippen molar-refractivity contribution in [1.29, 1.82) is 0 Å². The summed E-state index contributed by atoms with van der Waals surface area (Å²) in [4.78, 5) is 41.9. The third kappa shape index (κ3) is 3.54. The second kappa shape index (κ2) is 7.66. The van der Waals surface area contributed by atoms with Crippen molar-refractivity contribution in [3.8, 4) is 0 Å². The first-order valence-corrected chi connectivity index (χ1v) is 9.66. The van der Waals surface area contributed by atoms with Crippen molar-refractivity contribution in [1.82, 2.24) is 19.4 Å². The third-order valence-electron chi connectivity index (χ3n) is 5.19. The van der Waals surface area contributed by atoms with Crippen molar-refractivity contribution in [2.45, 2.75) is 26.3 Å². The molecule has 3 N–H and O–H groups in total. The van der Waals surface area contributed by atoms with Gasteiger partial charge in [-0.15, -0.1) is 0 Å². The number of hydrogen-bond donors (Lipinski definition) is 3. The average molecular weight is 411 g/mol. The van der Waals surface area contributed by atoms with E-state index >= 15 is 0 Å². The van der Waals surface area contributed by atoms with Gasteiger partial charge < -0.3 is 25.1 Å². The van der Waals surface area contributed by atoms with Gasteiger partial charge in [0, 0.05) is 55.3 Å². The fraction of sp³-hybridized carbons (Fsp3) is 0.333. The van der Waals surface area contributed by atoms with E-state index in [-0.39, 0.29) is 34.5 Å². The highest BCUT2D eigenvalue weighted by Crippen LogP contribution is 2.31. The first kappa shape index (κ1) is 16.2. The van der Waals surface area contributed by atoms with E-state index < -0.39 is 12.9 Å². The Labute approximate surface area is 177 Å². The van der Waals surface area contributed by atoms with Gasteiger partial charge in [-0.25, -0.2) is 4.98 Å². The predicted molar refractivity (Wildman–Crippen MR) is 115 cm³/mol. The summed E-state index contributed by atoms with van der Waals surface area (Å²) in [5.74, 6) is -0.862. The lowest BCUT2D eigenvalue weighted by Gasteiger charge is -2.13. The van der Waals surface area contributed by atoms with Crippen LogP contribution in [0.2, 0.25) is 0 Å². The number of rotatable bonds is 6. The van der Waals surface area contributed by atoms with Crippen LogP contribution in [0.15, 0.2) is 35.5 Å². The highest BCUT2D eigenvalue weighted by Gasteiger charge is 2.30. The summed E-state index contributed by atoms with van der Waals surface area (Å²) in [5, 5.41) is 8.16. The molecule has 0 atom stereocenters. The van der Waals surface area contributed by atoms with E-state index in [1.165, 1.54) is 12.3 Å². The second-order valence-electron chi connectivity index (χ2n) is 7.28. The summed E-state index contributed by atoms with van der Waals surface area (Å²) in [7, 11) is 1.79. The quantitative estimate of drug-likeness (QED) is 0.576. The van der Waals surface area contributed by atoms with Crippen molar-refractivity contribution in [2.75, 3.05) is 17.6 Å². The van der Waals surface area contributed by atoms with Gasteiger partial charge in [0.15, 0.2) is 0 Å². The van der Waals surface area contributed by atoms with Crippen molar-refractivity contribution >= 4 is 39.9 Å². The molecule has 9 nitrogen and oxygen atoms in total. The summed E-state index contributed by atoms with van der Waals surface area (Å²) in [6.07, 6.45) is 6.24. The van der Waals surface area contributed by atoms with Crippen LogP contribution in [0.3, 0.4) is 0 Å². The van der Waals surface area contributed by atoms with Crippen molar-refractivity contribution in [3.05, 3.63) is 46.6 Å². The summed E-state index contributed by atoms with van der Waals surface area (Å²) < 4.78 is 25.3. The first-order valence-electron chi connectivity index (χ1n) is 11.2. The molecule has 1 saturated carbocycles. The van der Waals surface area contributed by atoms with E-state index in [0.717, 1.165) is 12.8 Å². The number of aryl methyl sites for hydroxylation is 2. The highest BCUT2D eigenvalue weighted by molar-refractivity contribution is 6.03. The fourth-order valence-corrected chi connectivity index (χ4v) is 3.38. The lowest BCUT2D eigenvalue weighted by Crippen LogP contribution is -2.21. The number of amides is 2. The number of anilines is 3. The van der Waals surface area contributed by atoms with Gasteiger partial charge in [-0.1, -0.05) is 0 Å². The smallest absolute Gasteiger partial charge is 0.262 e. The van der Waals surface area contributed by atoms with E-state index in [1.807, 2.05) is 18.3 Å². The standard InChI is InChI=1S/C21H24N6O3/c1-4-27-8-7-16-18(21(27)30)15(11-26(16)3)24-14-9-17(25-19(28)12-5-6-12)23-10-13(14)20(29)22-2/h7-12H,4-6H2,1-3H3,(H,22,29)(H2,23,24,25,28)/i2D3. The highest BCUT2D eigenvalue weighted by atomic mass is 16.2. The van der Waals surface area contributed by atoms with E-state index in [0.29, 0.717) is 23.1 Å². The Morgan fingerprint density at radius 3 is 2.83 bits per heavy atom. The SMILES string of the molecule is [2H]C([2H])([2H])NC(=O)c1cnc(NC(=O)C2CC2)cc1Nc1cn(C)c2ccn(CC)c(=O)c12. The largest absolute Gasteiger partial charge is 0.355 e. The molecule has 4 rings (SSSR count). The Morgan fingerprint density at radius 2 is 2.13 bits per heavy atom. The topological polar surface area (TPSA) is 110 Å². The Morgan fingerprint density at radius 1 is 1.33 bits per heavy atom. The summed E-state index contributed by atoms with van der Waals surface area (Å²) in [6, 6.07) is 3.27. The molecule has 0 bridgehead atoms. The Kier molecular flexibility index (Phi) is 4.14. The molecule has 1 fully saturated rings. The van der Waals surface area contributed by atoms with Crippen LogP contribution >= 0.6 is 0 Å². The number of carbonyl (C=O) groups excluding carboxylic acids is 2. The monoisotopic (exact) mass is 411 g/mol. The molecule has 0 radical (unpaired) electrons. The zero-order valence-electron chi connectivity index (χ0n) is 19.7. The zero-order chi connectivity index (χ0) is 23.9. The predicted octanol–water partition coefficient (Wildman–Crippen LogP) is 2.21. The van der Waals surface area contributed by atoms with Crippen LogP contribution in [-0.2, 0) is 18.4 Å². The van der Waals surface area contributed by atoms with Gasteiger partial charge >= 0.3 is 0 Å². The molecular weight excluding hydrogens is 384 g/mol. The Hall–Kier alpha value is -3.62. The number of hydrogen-bond acceptors (Lipinski definition) is 5. The molecule has 0 aromatic carbocycles. The molecular formula is C21H24N6O3. The van der Waals surface area contributed by atoms with Gasteiger partial charge in [0.2, 0.25) is 5.91 Å². The van der Waals surface area contributed by atoms with E-state index in [9.17, 15) is 14.4 Å². The zero-order valence-corrected chi connectivity index (χ0v) is 16.7. The number of pyridine rings is 2. The van der Waals surface area contributed by atoms with E-state index in [1.54, 1.807) is 28.6 Å². The molecule has 2 amide bonds. The number of nitrogens with zero attached hydrogens (tertiary/aromatic N) is 3. The van der Waals surface area contributed by atoms with E-state index in [2.05, 4.69) is 15.6 Å². The maximum Gasteiger partial charge on any atom is 0.262 e. The normalized spacial score (nSPS) is 15.2. The molecule has 30 heavy (non-hydrogen) atoms. The van der Waals surface area contributed by atoms with Crippen LogP contribution in [-0.4, -0.2) is 32.9 Å². The van der Waals surface area contributed by atoms with Crippen LogP contribution in [0.1, 0.15) is 34.2 Å². The third-order valence-corrected chi connectivity index (χ3v) is 5.19. The lowest BCUT2D eigenvalue weighted by atomic mass is 10.2. The first-order chi connectivity index (χ1) is 15.6. The van der Waals surface area contributed by atoms with Gasteiger partial charge in [-0.3, -0.25) is 14.4 Å². The van der Waals surface area contributed by atoms with Gasteiger partial charge in [-0.05, 0) is 25.8 Å². The lowest BCUT2D eigenvalue weighted by molar-refractivity contribution is -0.117. The van der Waals surface area contributed by atoms with Crippen molar-refractivity contribution in [2.24, 2.45) is 13.0 Å². The fourth-order valence-electron chi connectivity index (χ4n) is 3.38. The Bertz CT molecular complexity index is 1310. The van der Waals surface area contributed by atoms with Gasteiger partial charge in [0.1, 0.15) is 5.82 Å². The minimum atomic E-state index is -2.69. The molecule has 1 aliphatic rings. The molecule has 3 aromatic heterocycles. The van der Waals surface area contributed by atoms with Crippen LogP contribution in [0.25, 0.3) is 10.9 Å². The second-order valence-corrected chi connectivity index (χ2v) is 7.28. The van der Waals surface area contributed by atoms with Crippen molar-refractivity contribution < 1.29 is 13.7 Å². The minimum absolute atomic E-state index is 0.0423. The molecule has 0 aliphatic heterocycles. The van der Waals surface area contributed by atoms with Gasteiger partial charge in [0.05, 0.1) is 27.8 Å². The molecule has 156 valence electrons. The van der Waals surface area contributed by atoms with E-state index in [4.69, 9.17) is 4.11 Å². The average Bonchev–Trinajstić information content (AvgIpc) is 3.53. The van der Waals surface area contributed by atoms with Crippen molar-refractivity contribution in [3.63, 3.8) is 0 Å². The molecule has 0 unspecified atom stereocenters. The molecule has 3 aromatic rings. The summed E-state index contributed by atoms with van der Waals surface area (Å²) in [5.41, 5.74) is 1.09. The number of carbonyl (C=O) groups is 2. The summed E-state index contributed by atoms with van der Waals surface area (Å²) >= 11 is 0. The van der Waals surface area contributed by atoms with Gasteiger partial charge in [0.25, 0.3) is 11.5 Å². The number of aromatic nitrogens is 3. The molecule has 0 saturated heterocycles. The molecule has 1 aliphatic carbocycles. The molecule has 9 heteroatoms. The number of fused-ring (bicyclic) bond motifs is 1. The van der Waals surface area contributed by atoms with Crippen LogP contribution in [0.5, 0.6) is 0 Å². The summed E-state index contributed by atoms with van der Waals surface area (Å²) in [6.45, 7) is -0.346. The maximum absolute atomic E-state index is 13.0. The van der Waals surface area contributed by atoms with Gasteiger partial charge in [-0.2, -0.15) is 0 Å². The minimum Gasteiger partial charge on any atom is -0.355 e. The van der Waals surface area contributed by atoms with Crippen LogP contribution < -0.4 is 21.5 Å².